The summed E-state index contributed by atoms with van der Waals surface area (Å²) >= 11 is 0. The predicted octanol–water partition coefficient (Wildman–Crippen LogP) is 3.33. The van der Waals surface area contributed by atoms with Crippen LogP contribution in [0.1, 0.15) is 29.0 Å². The first-order valence-electron chi connectivity index (χ1n) is 7.77. The van der Waals surface area contributed by atoms with E-state index in [2.05, 4.69) is 36.1 Å². The molecule has 2 aromatic rings. The smallest absolute Gasteiger partial charge is 0.289 e. The highest BCUT2D eigenvalue weighted by Gasteiger charge is 2.27. The summed E-state index contributed by atoms with van der Waals surface area (Å²) in [7, 11) is 1.87. The summed E-state index contributed by atoms with van der Waals surface area (Å²) in [6.07, 6.45) is 3.51. The van der Waals surface area contributed by atoms with E-state index >= 15 is 0 Å². The Hall–Kier alpha value is -2.23. The highest BCUT2D eigenvalue weighted by Crippen LogP contribution is 2.23. The lowest BCUT2D eigenvalue weighted by molar-refractivity contribution is 0.0677. The Kier molecular flexibility index (Phi) is 4.18. The highest BCUT2D eigenvalue weighted by atomic mass is 16.3. The molecule has 1 aromatic heterocycles. The molecule has 0 unspecified atom stereocenters. The van der Waals surface area contributed by atoms with Crippen LogP contribution in [-0.4, -0.2) is 37.0 Å². The minimum Gasteiger partial charge on any atom is -0.459 e. The molecule has 22 heavy (non-hydrogen) atoms. The summed E-state index contributed by atoms with van der Waals surface area (Å²) < 4.78 is 5.21. The van der Waals surface area contributed by atoms with Gasteiger partial charge in [-0.1, -0.05) is 12.1 Å². The number of carbonyl (C=O) groups excluding carboxylic acids is 1. The Bertz CT molecular complexity index is 628. The van der Waals surface area contributed by atoms with E-state index in [1.54, 1.807) is 18.4 Å². The molecule has 0 saturated carbocycles. The second kappa shape index (κ2) is 6.26. The van der Waals surface area contributed by atoms with Crippen LogP contribution in [0.4, 0.5) is 5.69 Å². The van der Waals surface area contributed by atoms with Crippen molar-refractivity contribution in [1.82, 2.24) is 4.90 Å². The van der Waals surface area contributed by atoms with Crippen LogP contribution in [0.15, 0.2) is 47.1 Å². The number of piperidine rings is 1. The minimum atomic E-state index is -0.0287. The number of carbonyl (C=O) groups is 1. The van der Waals surface area contributed by atoms with Gasteiger partial charge in [0.1, 0.15) is 0 Å². The molecule has 0 radical (unpaired) electrons. The molecule has 1 aromatic carbocycles. The number of rotatable bonds is 3. The zero-order valence-corrected chi connectivity index (χ0v) is 13.2. The highest BCUT2D eigenvalue weighted by molar-refractivity contribution is 5.91. The molecule has 0 spiro atoms. The van der Waals surface area contributed by atoms with E-state index < -0.39 is 0 Å². The lowest BCUT2D eigenvalue weighted by atomic mass is 10.0. The number of nitrogens with zero attached hydrogens (tertiary/aromatic N) is 2. The molecule has 1 saturated heterocycles. The van der Waals surface area contributed by atoms with Crippen molar-refractivity contribution in [3.8, 4) is 0 Å². The second-order valence-corrected chi connectivity index (χ2v) is 5.95. The van der Waals surface area contributed by atoms with E-state index in [0.29, 0.717) is 5.76 Å². The van der Waals surface area contributed by atoms with Gasteiger partial charge in [-0.2, -0.15) is 0 Å². The van der Waals surface area contributed by atoms with Gasteiger partial charge in [0.25, 0.3) is 5.91 Å². The lowest BCUT2D eigenvalue weighted by Gasteiger charge is -2.37. The van der Waals surface area contributed by atoms with Gasteiger partial charge in [0, 0.05) is 31.9 Å². The maximum Gasteiger partial charge on any atom is 0.289 e. The number of hydrogen-bond donors (Lipinski definition) is 0. The maximum absolute atomic E-state index is 12.3. The van der Waals surface area contributed by atoms with E-state index in [-0.39, 0.29) is 11.9 Å². The third-order valence-electron chi connectivity index (χ3n) is 4.43. The van der Waals surface area contributed by atoms with E-state index in [1.807, 2.05) is 11.9 Å². The molecule has 0 N–H and O–H groups in total. The summed E-state index contributed by atoms with van der Waals surface area (Å²) in [5.41, 5.74) is 2.56. The largest absolute Gasteiger partial charge is 0.459 e. The van der Waals surface area contributed by atoms with Gasteiger partial charge in [-0.05, 0) is 49.6 Å². The first kappa shape index (κ1) is 14.7. The fraction of sp³-hybridized carbons (Fsp3) is 0.389. The second-order valence-electron chi connectivity index (χ2n) is 5.95. The number of hydrogen-bond acceptors (Lipinski definition) is 3. The van der Waals surface area contributed by atoms with Gasteiger partial charge in [-0.15, -0.1) is 0 Å². The van der Waals surface area contributed by atoms with Crippen molar-refractivity contribution in [2.45, 2.75) is 25.8 Å². The average Bonchev–Trinajstić information content (AvgIpc) is 3.08. The molecule has 0 bridgehead atoms. The van der Waals surface area contributed by atoms with Crippen molar-refractivity contribution in [2.24, 2.45) is 0 Å². The summed E-state index contributed by atoms with van der Waals surface area (Å²) in [4.78, 5) is 16.5. The molecular formula is C18H22N2O2. The van der Waals surface area contributed by atoms with Gasteiger partial charge in [0.05, 0.1) is 6.26 Å². The van der Waals surface area contributed by atoms with Crippen LogP contribution in [-0.2, 0) is 0 Å². The molecule has 116 valence electrons. The van der Waals surface area contributed by atoms with Crippen LogP contribution >= 0.6 is 0 Å². The van der Waals surface area contributed by atoms with E-state index in [9.17, 15) is 4.79 Å². The molecule has 2 heterocycles. The van der Waals surface area contributed by atoms with Crippen molar-refractivity contribution in [1.29, 1.82) is 0 Å². The number of furan rings is 1. The first-order valence-corrected chi connectivity index (χ1v) is 7.77. The van der Waals surface area contributed by atoms with Crippen molar-refractivity contribution in [3.63, 3.8) is 0 Å². The fourth-order valence-electron chi connectivity index (χ4n) is 3.08. The van der Waals surface area contributed by atoms with Gasteiger partial charge in [0.2, 0.25) is 0 Å². The van der Waals surface area contributed by atoms with Gasteiger partial charge in [-0.3, -0.25) is 4.79 Å². The quantitative estimate of drug-likeness (QED) is 0.872. The topological polar surface area (TPSA) is 36.7 Å². The van der Waals surface area contributed by atoms with E-state index in [0.717, 1.165) is 25.9 Å². The number of anilines is 1. The van der Waals surface area contributed by atoms with Crippen LogP contribution in [0.2, 0.25) is 0 Å². The van der Waals surface area contributed by atoms with Crippen LogP contribution < -0.4 is 4.90 Å². The van der Waals surface area contributed by atoms with Crippen LogP contribution in [0, 0.1) is 6.92 Å². The van der Waals surface area contributed by atoms with Crippen molar-refractivity contribution in [3.05, 3.63) is 54.0 Å². The van der Waals surface area contributed by atoms with Crippen LogP contribution in [0.3, 0.4) is 0 Å². The summed E-state index contributed by atoms with van der Waals surface area (Å²) in [6, 6.07) is 12.3. The zero-order valence-electron chi connectivity index (χ0n) is 13.2. The molecule has 0 aliphatic carbocycles. The third-order valence-corrected chi connectivity index (χ3v) is 4.43. The average molecular weight is 298 g/mol. The Labute approximate surface area is 131 Å². The Morgan fingerprint density at radius 3 is 2.64 bits per heavy atom. The molecule has 0 atom stereocenters. The van der Waals surface area contributed by atoms with Gasteiger partial charge >= 0.3 is 0 Å². The molecular weight excluding hydrogens is 276 g/mol. The Balaban J connectivity index is 1.61. The first-order chi connectivity index (χ1) is 10.6. The van der Waals surface area contributed by atoms with Crippen LogP contribution in [0.25, 0.3) is 0 Å². The zero-order chi connectivity index (χ0) is 15.5. The molecule has 1 amide bonds. The van der Waals surface area contributed by atoms with Gasteiger partial charge in [-0.25, -0.2) is 0 Å². The standard InChI is InChI=1S/C18H22N2O2/c1-14-5-3-6-16(13-14)20-10-8-15(9-11-20)19(2)18(21)17-7-4-12-22-17/h3-7,12-13,15H,8-11H2,1-2H3. The van der Waals surface area contributed by atoms with E-state index in [1.165, 1.54) is 11.3 Å². The predicted molar refractivity (Wildman–Crippen MR) is 87.2 cm³/mol. The van der Waals surface area contributed by atoms with Gasteiger partial charge in [0.15, 0.2) is 5.76 Å². The van der Waals surface area contributed by atoms with Crippen LogP contribution in [0.5, 0.6) is 0 Å². The molecule has 1 aliphatic heterocycles. The van der Waals surface area contributed by atoms with E-state index in [4.69, 9.17) is 4.42 Å². The normalized spacial score (nSPS) is 15.8. The number of benzene rings is 1. The SMILES string of the molecule is Cc1cccc(N2CCC(N(C)C(=O)c3ccco3)CC2)c1. The van der Waals surface area contributed by atoms with Gasteiger partial charge < -0.3 is 14.2 Å². The molecule has 4 heteroatoms. The lowest BCUT2D eigenvalue weighted by Crippen LogP contribution is -2.45. The third kappa shape index (κ3) is 3.01. The summed E-state index contributed by atoms with van der Waals surface area (Å²) in [5, 5.41) is 0. The fourth-order valence-corrected chi connectivity index (χ4v) is 3.08. The summed E-state index contributed by atoms with van der Waals surface area (Å²) in [5.74, 6) is 0.391. The molecule has 3 rings (SSSR count). The number of aryl methyl sites for hydroxylation is 1. The molecule has 4 nitrogen and oxygen atoms in total. The van der Waals surface area contributed by atoms with Crippen molar-refractivity contribution >= 4 is 11.6 Å². The summed E-state index contributed by atoms with van der Waals surface area (Å²) in [6.45, 7) is 4.07. The maximum atomic E-state index is 12.3. The molecule has 1 fully saturated rings. The number of amides is 1. The molecule has 1 aliphatic rings. The van der Waals surface area contributed by atoms with Crippen molar-refractivity contribution in [2.75, 3.05) is 25.0 Å². The Morgan fingerprint density at radius 2 is 2.00 bits per heavy atom. The minimum absolute atomic E-state index is 0.0287. The monoisotopic (exact) mass is 298 g/mol. The Morgan fingerprint density at radius 1 is 1.23 bits per heavy atom. The van der Waals surface area contributed by atoms with Crippen molar-refractivity contribution < 1.29 is 9.21 Å².